The van der Waals surface area contributed by atoms with Crippen LogP contribution in [-0.2, 0) is 0 Å². The van der Waals surface area contributed by atoms with Crippen molar-refractivity contribution in [1.82, 2.24) is 18.1 Å². The number of nitrogens with zero attached hydrogens (tertiary/aromatic N) is 5. The van der Waals surface area contributed by atoms with Gasteiger partial charge in [0.05, 0.1) is 0 Å². The molecule has 0 unspecified atom stereocenters. The van der Waals surface area contributed by atoms with E-state index in [9.17, 15) is 0 Å². The topological polar surface area (TPSA) is 23.0 Å². The van der Waals surface area contributed by atoms with Gasteiger partial charge in [-0.2, -0.15) is 0 Å². The molecule has 7 heteroatoms. The van der Waals surface area contributed by atoms with Gasteiger partial charge in [-0.15, -0.1) is 0 Å². The van der Waals surface area contributed by atoms with E-state index in [0.29, 0.717) is 0 Å². The molecule has 0 N–H and O–H groups in total. The van der Waals surface area contributed by atoms with E-state index < -0.39 is 0 Å². The number of para-hydroxylation sites is 4. The first-order valence-electron chi connectivity index (χ1n) is 19.5. The van der Waals surface area contributed by atoms with Crippen LogP contribution in [0.5, 0.6) is 0 Å². The number of rotatable bonds is 4. The van der Waals surface area contributed by atoms with Crippen molar-refractivity contribution < 1.29 is 0 Å². The van der Waals surface area contributed by atoms with Gasteiger partial charge in [-0.05, 0) is 0 Å². The summed E-state index contributed by atoms with van der Waals surface area (Å²) in [4.78, 5) is 2.49. The summed E-state index contributed by atoms with van der Waals surface area (Å²) in [5, 5.41) is 5.09. The summed E-state index contributed by atoms with van der Waals surface area (Å²) in [6, 6.07) is 66.8. The predicted molar refractivity (Wildman–Crippen MR) is 239 cm³/mol. The Balaban J connectivity index is 1.06. The first kappa shape index (κ1) is 31.3. The Morgan fingerprint density at radius 1 is 0.404 bits per heavy atom. The summed E-state index contributed by atoms with van der Waals surface area (Å²) in [6.07, 6.45) is 4.81. The molecule has 266 valence electrons. The molecule has 57 heavy (non-hydrogen) atoms. The van der Waals surface area contributed by atoms with Gasteiger partial charge in [0, 0.05) is 0 Å². The number of anilines is 3. The normalized spacial score (nSPS) is 13.1. The fourth-order valence-corrected chi connectivity index (χ4v) is 12.0. The van der Waals surface area contributed by atoms with Crippen molar-refractivity contribution in [1.29, 1.82) is 0 Å². The third kappa shape index (κ3) is 4.41. The number of aromatic nitrogens is 4. The third-order valence-electron chi connectivity index (χ3n) is 12.0. The maximum atomic E-state index is 2.57. The van der Waals surface area contributed by atoms with Crippen molar-refractivity contribution in [2.24, 2.45) is 0 Å². The number of fused-ring (bicyclic) bond motifs is 10. The molecule has 7 aromatic carbocycles. The van der Waals surface area contributed by atoms with Crippen LogP contribution in [0.1, 0.15) is 0 Å². The SMILES string of the molecule is c1ccc(-c2ccc(N3c4cccc5c4B(n4cc(-n6c7ccccc7c7ccccc76)cc4[Se]5)n4cc(-n5c6ccccc6c6ccccc65)cc43)cc2)cc1. The second-order valence-electron chi connectivity index (χ2n) is 15.1. The van der Waals surface area contributed by atoms with Gasteiger partial charge in [-0.25, -0.2) is 0 Å². The summed E-state index contributed by atoms with van der Waals surface area (Å²) in [7, 11) is 0. The van der Waals surface area contributed by atoms with E-state index in [-0.39, 0.29) is 21.9 Å². The van der Waals surface area contributed by atoms with Crippen LogP contribution in [0, 0.1) is 0 Å². The van der Waals surface area contributed by atoms with Gasteiger partial charge >= 0.3 is 337 Å². The van der Waals surface area contributed by atoms with Crippen molar-refractivity contribution in [3.63, 3.8) is 0 Å². The van der Waals surface area contributed by atoms with E-state index in [4.69, 9.17) is 0 Å². The van der Waals surface area contributed by atoms with Crippen molar-refractivity contribution in [2.75, 3.05) is 4.90 Å². The van der Waals surface area contributed by atoms with Gasteiger partial charge in [-0.1, -0.05) is 0 Å². The van der Waals surface area contributed by atoms with E-state index in [1.165, 1.54) is 80.6 Å². The summed E-state index contributed by atoms with van der Waals surface area (Å²) in [6.45, 7) is -0.0552. The molecule has 4 aromatic heterocycles. The minimum absolute atomic E-state index is 0.0552. The van der Waals surface area contributed by atoms with Crippen LogP contribution >= 0.6 is 0 Å². The van der Waals surface area contributed by atoms with Crippen LogP contribution in [-0.4, -0.2) is 40.0 Å². The zero-order valence-corrected chi connectivity index (χ0v) is 32.4. The average Bonchev–Trinajstić information content (AvgIpc) is 4.05. The molecule has 0 saturated carbocycles. The van der Waals surface area contributed by atoms with Crippen LogP contribution in [0.2, 0.25) is 0 Å². The molecule has 0 bridgehead atoms. The van der Waals surface area contributed by atoms with Gasteiger partial charge in [0.25, 0.3) is 0 Å². The Morgan fingerprint density at radius 2 is 0.912 bits per heavy atom. The fraction of sp³-hybridized carbons (Fsp3) is 0. The van der Waals surface area contributed by atoms with E-state index in [1.807, 2.05) is 0 Å². The van der Waals surface area contributed by atoms with E-state index in [2.05, 4.69) is 217 Å². The van der Waals surface area contributed by atoms with Crippen molar-refractivity contribution in [3.05, 3.63) is 194 Å². The van der Waals surface area contributed by atoms with Gasteiger partial charge in [0.15, 0.2) is 0 Å². The van der Waals surface area contributed by atoms with Crippen LogP contribution in [0.15, 0.2) is 194 Å². The van der Waals surface area contributed by atoms with Gasteiger partial charge < -0.3 is 0 Å². The fourth-order valence-electron chi connectivity index (χ4n) is 9.62. The third-order valence-corrected chi connectivity index (χ3v) is 14.4. The van der Waals surface area contributed by atoms with Crippen LogP contribution in [0.3, 0.4) is 0 Å². The summed E-state index contributed by atoms with van der Waals surface area (Å²) in [5.41, 5.74) is 13.4. The molecule has 0 aliphatic carbocycles. The molecule has 2 aliphatic heterocycles. The monoisotopic (exact) mass is 793 g/mol. The van der Waals surface area contributed by atoms with Crippen LogP contribution < -0.4 is 19.4 Å². The molecule has 5 nitrogen and oxygen atoms in total. The first-order chi connectivity index (χ1) is 28.3. The maximum absolute atomic E-state index is 2.57. The average molecular weight is 793 g/mol. The van der Waals surface area contributed by atoms with E-state index in [0.717, 1.165) is 17.2 Å². The zero-order chi connectivity index (χ0) is 37.2. The summed E-state index contributed by atoms with van der Waals surface area (Å²) in [5.74, 6) is 1.14. The standard InChI is InChI=1S/C50H32BN5Se/c1-2-13-33(14-3-1)34-25-27-35(28-26-34)56-46-23-12-24-47-50(46)51(52-31-36(29-48(52)56)54-42-19-8-4-15-38(42)39-16-5-9-20-43(39)54)53-32-37(30-49(53)57-47)55-44-21-10-6-17-40(44)41-18-7-11-22-45(41)55/h1-32H. The zero-order valence-electron chi connectivity index (χ0n) is 30.7. The first-order valence-corrected chi connectivity index (χ1v) is 21.2. The molecule has 0 spiro atoms. The molecule has 6 heterocycles. The number of benzene rings is 7. The minimum atomic E-state index is -0.0552. The Labute approximate surface area is 335 Å². The Morgan fingerprint density at radius 3 is 1.51 bits per heavy atom. The molecule has 11 aromatic rings. The van der Waals surface area contributed by atoms with Crippen LogP contribution in [0.4, 0.5) is 17.2 Å². The van der Waals surface area contributed by atoms with Gasteiger partial charge in [0.1, 0.15) is 0 Å². The molecular formula is C50H32BN5Se. The molecule has 0 amide bonds. The Bertz CT molecular complexity index is 3300. The molecular weight excluding hydrogens is 760 g/mol. The number of hydrogen-bond acceptors (Lipinski definition) is 1. The number of hydrogen-bond donors (Lipinski definition) is 0. The second-order valence-corrected chi connectivity index (χ2v) is 17.3. The molecule has 0 radical (unpaired) electrons. The molecule has 0 atom stereocenters. The van der Waals surface area contributed by atoms with Crippen LogP contribution in [0.25, 0.3) is 66.1 Å². The molecule has 0 saturated heterocycles. The second kappa shape index (κ2) is 11.8. The van der Waals surface area contributed by atoms with Crippen molar-refractivity contribution in [2.45, 2.75) is 0 Å². The summed E-state index contributed by atoms with van der Waals surface area (Å²) >= 11 is 0.0992. The molecule has 2 aliphatic rings. The Kier molecular flexibility index (Phi) is 6.48. The summed E-state index contributed by atoms with van der Waals surface area (Å²) < 4.78 is 12.8. The van der Waals surface area contributed by atoms with Crippen molar-refractivity contribution >= 4 is 97.3 Å². The van der Waals surface area contributed by atoms with Gasteiger partial charge in [0.2, 0.25) is 0 Å². The predicted octanol–water partition coefficient (Wildman–Crippen LogP) is 9.69. The van der Waals surface area contributed by atoms with Crippen molar-refractivity contribution in [3.8, 4) is 22.5 Å². The molecule has 13 rings (SSSR count). The quantitative estimate of drug-likeness (QED) is 0.163. The van der Waals surface area contributed by atoms with Gasteiger partial charge in [-0.3, -0.25) is 0 Å². The van der Waals surface area contributed by atoms with E-state index >= 15 is 0 Å². The Hall–Kier alpha value is -6.92. The van der Waals surface area contributed by atoms with E-state index in [1.54, 1.807) is 0 Å². The molecule has 0 fully saturated rings.